The summed E-state index contributed by atoms with van der Waals surface area (Å²) < 4.78 is 20.9. The third-order valence-corrected chi connectivity index (χ3v) is 7.08. The molecule has 0 radical (unpaired) electrons. The molecule has 1 N–H and O–H groups in total. The van der Waals surface area contributed by atoms with Crippen LogP contribution in [0.4, 0.5) is 4.39 Å². The van der Waals surface area contributed by atoms with E-state index in [-0.39, 0.29) is 17.8 Å². The molecule has 8 heteroatoms. The topological polar surface area (TPSA) is 59.4 Å². The molecular weight excluding hydrogens is 439 g/mol. The third-order valence-electron chi connectivity index (χ3n) is 5.97. The average molecular weight is 465 g/mol. The maximum Gasteiger partial charge on any atom is 0.261 e. The van der Waals surface area contributed by atoms with Gasteiger partial charge in [0.15, 0.2) is 0 Å². The Labute approximate surface area is 195 Å². The summed E-state index contributed by atoms with van der Waals surface area (Å²) in [6.45, 7) is 5.23. The zero-order valence-corrected chi connectivity index (χ0v) is 19.1. The normalized spacial score (nSPS) is 15.6. The van der Waals surface area contributed by atoms with E-state index in [1.165, 1.54) is 23.5 Å². The van der Waals surface area contributed by atoms with Crippen molar-refractivity contribution in [1.82, 2.24) is 20.0 Å². The molecule has 1 unspecified atom stereocenters. The predicted molar refractivity (Wildman–Crippen MR) is 128 cm³/mol. The first kappa shape index (κ1) is 21.8. The number of halogens is 1. The molecule has 1 aliphatic rings. The lowest BCUT2D eigenvalue weighted by Crippen LogP contribution is -2.43. The van der Waals surface area contributed by atoms with Gasteiger partial charge in [-0.2, -0.15) is 5.10 Å². The second kappa shape index (κ2) is 9.43. The number of nitrogens with zero attached hydrogens (tertiary/aromatic N) is 3. The van der Waals surface area contributed by atoms with Gasteiger partial charge in [-0.15, -0.1) is 11.3 Å². The molecule has 1 saturated heterocycles. The summed E-state index contributed by atoms with van der Waals surface area (Å²) in [6, 6.07) is 18.3. The Kier molecular flexibility index (Phi) is 6.22. The number of hydrogen-bond donors (Lipinski definition) is 1. The molecule has 3 heterocycles. The summed E-state index contributed by atoms with van der Waals surface area (Å²) in [6.07, 6.45) is 0. The lowest BCUT2D eigenvalue weighted by Gasteiger charge is -2.34. The molecule has 0 spiro atoms. The highest BCUT2D eigenvalue weighted by Gasteiger charge is 2.24. The Morgan fingerprint density at radius 2 is 1.88 bits per heavy atom. The van der Waals surface area contributed by atoms with Gasteiger partial charge in [0.1, 0.15) is 10.6 Å². The van der Waals surface area contributed by atoms with Crippen LogP contribution in [0.3, 0.4) is 0 Å². The van der Waals surface area contributed by atoms with E-state index < -0.39 is 0 Å². The van der Waals surface area contributed by atoms with E-state index >= 15 is 0 Å². The van der Waals surface area contributed by atoms with Gasteiger partial charge in [0.2, 0.25) is 0 Å². The van der Waals surface area contributed by atoms with E-state index in [0.29, 0.717) is 24.6 Å². The van der Waals surface area contributed by atoms with Crippen LogP contribution in [0.1, 0.15) is 27.0 Å². The first-order valence-electron chi connectivity index (χ1n) is 11.0. The molecule has 1 atom stereocenters. The van der Waals surface area contributed by atoms with Crippen molar-refractivity contribution < 1.29 is 13.9 Å². The molecule has 5 rings (SSSR count). The number of morpholine rings is 1. The van der Waals surface area contributed by atoms with E-state index in [9.17, 15) is 9.18 Å². The van der Waals surface area contributed by atoms with Crippen molar-refractivity contribution in [3.05, 3.63) is 82.6 Å². The van der Waals surface area contributed by atoms with Crippen LogP contribution in [0.15, 0.2) is 60.7 Å². The number of aromatic nitrogens is 2. The molecule has 4 aromatic rings. The Balaban J connectivity index is 1.37. The number of carbonyl (C=O) groups is 1. The first-order valence-corrected chi connectivity index (χ1v) is 11.8. The van der Waals surface area contributed by atoms with Gasteiger partial charge in [0.05, 0.1) is 35.5 Å². The fourth-order valence-corrected chi connectivity index (χ4v) is 5.31. The van der Waals surface area contributed by atoms with Gasteiger partial charge in [0, 0.05) is 25.0 Å². The molecule has 0 saturated carbocycles. The maximum absolute atomic E-state index is 13.5. The monoisotopic (exact) mass is 464 g/mol. The first-order chi connectivity index (χ1) is 16.1. The lowest BCUT2D eigenvalue weighted by atomic mass is 10.0. The molecule has 1 aliphatic heterocycles. The van der Waals surface area contributed by atoms with E-state index in [0.717, 1.165) is 40.3 Å². The average Bonchev–Trinajstić information content (AvgIpc) is 3.42. The minimum absolute atomic E-state index is 0.0469. The van der Waals surface area contributed by atoms with Crippen LogP contribution in [0.2, 0.25) is 0 Å². The van der Waals surface area contributed by atoms with Crippen LogP contribution >= 0.6 is 11.3 Å². The molecule has 2 aromatic carbocycles. The second-order valence-corrected chi connectivity index (χ2v) is 9.12. The quantitative estimate of drug-likeness (QED) is 0.461. The van der Waals surface area contributed by atoms with Crippen LogP contribution in [0.5, 0.6) is 0 Å². The van der Waals surface area contributed by atoms with Gasteiger partial charge < -0.3 is 10.1 Å². The number of carbonyl (C=O) groups excluding carboxylic acids is 1. The molecule has 33 heavy (non-hydrogen) atoms. The van der Waals surface area contributed by atoms with Crippen molar-refractivity contribution >= 4 is 27.5 Å². The van der Waals surface area contributed by atoms with Crippen molar-refractivity contribution in [3.8, 4) is 5.69 Å². The number of rotatable bonds is 6. The SMILES string of the molecule is Cc1nn(-c2ccccc2)c2sc(C(=O)NCC(c3ccc(F)cc3)N3CCOCC3)cc12. The minimum Gasteiger partial charge on any atom is -0.379 e. The van der Waals surface area contributed by atoms with Crippen molar-refractivity contribution in [2.45, 2.75) is 13.0 Å². The molecule has 1 amide bonds. The fourth-order valence-electron chi connectivity index (χ4n) is 4.21. The standard InChI is InChI=1S/C25H25FN4O2S/c1-17-21-15-23(33-25(21)30(28-17)20-5-3-2-4-6-20)24(31)27-16-22(29-11-13-32-14-12-29)18-7-9-19(26)10-8-18/h2-10,15,22H,11-14,16H2,1H3,(H,27,31). The number of ether oxygens (including phenoxy) is 1. The summed E-state index contributed by atoms with van der Waals surface area (Å²) in [5, 5.41) is 8.74. The summed E-state index contributed by atoms with van der Waals surface area (Å²) in [7, 11) is 0. The van der Waals surface area contributed by atoms with E-state index in [2.05, 4.69) is 15.3 Å². The Bertz CT molecular complexity index is 1250. The number of benzene rings is 2. The summed E-state index contributed by atoms with van der Waals surface area (Å²) >= 11 is 1.44. The predicted octanol–water partition coefficient (Wildman–Crippen LogP) is 4.34. The molecule has 170 valence electrons. The van der Waals surface area contributed by atoms with Gasteiger partial charge in [-0.25, -0.2) is 9.07 Å². The molecule has 2 aromatic heterocycles. The number of fused-ring (bicyclic) bond motifs is 1. The highest BCUT2D eigenvalue weighted by molar-refractivity contribution is 7.20. The zero-order chi connectivity index (χ0) is 22.8. The van der Waals surface area contributed by atoms with E-state index in [1.807, 2.05) is 48.0 Å². The van der Waals surface area contributed by atoms with Gasteiger partial charge in [-0.3, -0.25) is 9.69 Å². The Morgan fingerprint density at radius 3 is 2.61 bits per heavy atom. The number of thiophene rings is 1. The Hall–Kier alpha value is -3.07. The highest BCUT2D eigenvalue weighted by Crippen LogP contribution is 2.30. The van der Waals surface area contributed by atoms with Crippen molar-refractivity contribution in [3.63, 3.8) is 0 Å². The van der Waals surface area contributed by atoms with Crippen LogP contribution in [-0.4, -0.2) is 53.4 Å². The number of nitrogens with one attached hydrogen (secondary N) is 1. The van der Waals surface area contributed by atoms with Crippen LogP contribution in [0, 0.1) is 12.7 Å². The van der Waals surface area contributed by atoms with Crippen LogP contribution in [-0.2, 0) is 4.74 Å². The minimum atomic E-state index is -0.267. The number of hydrogen-bond acceptors (Lipinski definition) is 5. The number of aryl methyl sites for hydroxylation is 1. The van der Waals surface area contributed by atoms with Gasteiger partial charge in [0.25, 0.3) is 5.91 Å². The summed E-state index contributed by atoms with van der Waals surface area (Å²) in [4.78, 5) is 17.0. The molecule has 0 aliphatic carbocycles. The highest BCUT2D eigenvalue weighted by atomic mass is 32.1. The number of para-hydroxylation sites is 1. The van der Waals surface area contributed by atoms with Gasteiger partial charge >= 0.3 is 0 Å². The second-order valence-electron chi connectivity index (χ2n) is 8.09. The fraction of sp³-hybridized carbons (Fsp3) is 0.280. The smallest absolute Gasteiger partial charge is 0.261 e. The third kappa shape index (κ3) is 4.55. The summed E-state index contributed by atoms with van der Waals surface area (Å²) in [5.74, 6) is -0.382. The van der Waals surface area contributed by atoms with Crippen LogP contribution < -0.4 is 5.32 Å². The van der Waals surface area contributed by atoms with Gasteiger partial charge in [-0.05, 0) is 42.8 Å². The lowest BCUT2D eigenvalue weighted by molar-refractivity contribution is 0.0162. The summed E-state index contributed by atoms with van der Waals surface area (Å²) in [5.41, 5.74) is 2.83. The van der Waals surface area contributed by atoms with E-state index in [4.69, 9.17) is 4.74 Å². The molecule has 1 fully saturated rings. The van der Waals surface area contributed by atoms with Crippen LogP contribution in [0.25, 0.3) is 15.9 Å². The van der Waals surface area contributed by atoms with E-state index in [1.54, 1.807) is 12.1 Å². The Morgan fingerprint density at radius 1 is 1.15 bits per heavy atom. The van der Waals surface area contributed by atoms with Crippen molar-refractivity contribution in [2.24, 2.45) is 0 Å². The molecular formula is C25H25FN4O2S. The van der Waals surface area contributed by atoms with Gasteiger partial charge in [-0.1, -0.05) is 30.3 Å². The maximum atomic E-state index is 13.5. The molecule has 0 bridgehead atoms. The zero-order valence-electron chi connectivity index (χ0n) is 18.3. The largest absolute Gasteiger partial charge is 0.379 e. The van der Waals surface area contributed by atoms with Crippen molar-refractivity contribution in [2.75, 3.05) is 32.8 Å². The molecule has 6 nitrogen and oxygen atoms in total. The number of amides is 1. The van der Waals surface area contributed by atoms with Crippen molar-refractivity contribution in [1.29, 1.82) is 0 Å².